The Morgan fingerprint density at radius 3 is 2.14 bits per heavy atom. The lowest BCUT2D eigenvalue weighted by Crippen LogP contribution is -2.16. The second-order valence-electron chi connectivity index (χ2n) is 6.74. The lowest BCUT2D eigenvalue weighted by atomic mass is 10.1. The zero-order valence-electron chi connectivity index (χ0n) is 16.8. The Kier molecular flexibility index (Phi) is 6.29. The van der Waals surface area contributed by atoms with Gasteiger partial charge in [-0.2, -0.15) is 0 Å². The topological polar surface area (TPSA) is 67.4 Å². The molecule has 0 heterocycles. The summed E-state index contributed by atoms with van der Waals surface area (Å²) >= 11 is 0. The Labute approximate surface area is 170 Å². The van der Waals surface area contributed by atoms with E-state index in [-0.39, 0.29) is 11.8 Å². The van der Waals surface area contributed by atoms with Crippen LogP contribution in [0.15, 0.2) is 66.7 Å². The van der Waals surface area contributed by atoms with Crippen LogP contribution in [0.4, 0.5) is 11.4 Å². The van der Waals surface area contributed by atoms with E-state index in [1.807, 2.05) is 51.1 Å². The molecular formula is C24H24N2O3. The number of ether oxygens (including phenoxy) is 1. The zero-order chi connectivity index (χ0) is 20.8. The van der Waals surface area contributed by atoms with Gasteiger partial charge >= 0.3 is 0 Å². The molecule has 29 heavy (non-hydrogen) atoms. The molecule has 0 aliphatic heterocycles. The number of amides is 2. The Morgan fingerprint density at radius 2 is 1.45 bits per heavy atom. The van der Waals surface area contributed by atoms with Crippen LogP contribution >= 0.6 is 0 Å². The molecule has 2 amide bonds. The number of carbonyl (C=O) groups excluding carboxylic acids is 2. The van der Waals surface area contributed by atoms with Gasteiger partial charge in [-0.1, -0.05) is 30.3 Å². The molecular weight excluding hydrogens is 364 g/mol. The Hall–Kier alpha value is -3.60. The standard InChI is InChI=1S/C24H24N2O3/c1-4-29-22-11-6-5-10-20(22)25-23(27)18-8-7-9-19(15-18)24(28)26-21-14-16(2)12-13-17(21)3/h5-15H,4H2,1-3H3,(H,25,27)(H,26,28). The van der Waals surface area contributed by atoms with Gasteiger partial charge in [-0.05, 0) is 68.3 Å². The lowest BCUT2D eigenvalue weighted by molar-refractivity contribution is 0.102. The van der Waals surface area contributed by atoms with Crippen molar-refractivity contribution in [3.8, 4) is 5.75 Å². The van der Waals surface area contributed by atoms with Gasteiger partial charge in [0, 0.05) is 16.8 Å². The molecule has 0 aliphatic rings. The molecule has 3 aromatic rings. The number of rotatable bonds is 6. The van der Waals surface area contributed by atoms with Crippen molar-refractivity contribution in [1.29, 1.82) is 0 Å². The van der Waals surface area contributed by atoms with Crippen molar-refractivity contribution >= 4 is 23.2 Å². The predicted octanol–water partition coefficient (Wildman–Crippen LogP) is 5.21. The molecule has 2 N–H and O–H groups in total. The summed E-state index contributed by atoms with van der Waals surface area (Å²) in [7, 11) is 0. The maximum absolute atomic E-state index is 12.7. The van der Waals surface area contributed by atoms with E-state index in [2.05, 4.69) is 10.6 Å². The van der Waals surface area contributed by atoms with Crippen molar-refractivity contribution < 1.29 is 14.3 Å². The first kappa shape index (κ1) is 20.1. The summed E-state index contributed by atoms with van der Waals surface area (Å²) in [5.41, 5.74) is 4.19. The van der Waals surface area contributed by atoms with Crippen molar-refractivity contribution in [2.45, 2.75) is 20.8 Å². The maximum atomic E-state index is 12.7. The van der Waals surface area contributed by atoms with Gasteiger partial charge in [-0.15, -0.1) is 0 Å². The van der Waals surface area contributed by atoms with Gasteiger partial charge in [-0.25, -0.2) is 0 Å². The van der Waals surface area contributed by atoms with E-state index in [1.54, 1.807) is 36.4 Å². The van der Waals surface area contributed by atoms with Crippen molar-refractivity contribution in [1.82, 2.24) is 0 Å². The van der Waals surface area contributed by atoms with E-state index in [1.165, 1.54) is 0 Å². The first-order valence-corrected chi connectivity index (χ1v) is 9.49. The van der Waals surface area contributed by atoms with Gasteiger partial charge in [0.05, 0.1) is 12.3 Å². The molecule has 0 atom stereocenters. The molecule has 0 aliphatic carbocycles. The van der Waals surface area contributed by atoms with Crippen molar-refractivity contribution in [2.75, 3.05) is 17.2 Å². The van der Waals surface area contributed by atoms with Crippen molar-refractivity contribution in [2.24, 2.45) is 0 Å². The average molecular weight is 388 g/mol. The molecule has 3 rings (SSSR count). The summed E-state index contributed by atoms with van der Waals surface area (Å²) in [4.78, 5) is 25.4. The number of benzene rings is 3. The minimum atomic E-state index is -0.307. The van der Waals surface area contributed by atoms with Crippen LogP contribution in [-0.2, 0) is 0 Å². The van der Waals surface area contributed by atoms with Gasteiger partial charge in [0.2, 0.25) is 0 Å². The highest BCUT2D eigenvalue weighted by Crippen LogP contribution is 2.24. The third kappa shape index (κ3) is 5.02. The van der Waals surface area contributed by atoms with E-state index in [4.69, 9.17) is 4.74 Å². The fraction of sp³-hybridized carbons (Fsp3) is 0.167. The number of para-hydroxylation sites is 2. The maximum Gasteiger partial charge on any atom is 0.255 e. The summed E-state index contributed by atoms with van der Waals surface area (Å²) in [5, 5.41) is 5.77. The number of hydrogen-bond donors (Lipinski definition) is 2. The SMILES string of the molecule is CCOc1ccccc1NC(=O)c1cccc(C(=O)Nc2cc(C)ccc2C)c1. The number of hydrogen-bond acceptors (Lipinski definition) is 3. The summed E-state index contributed by atoms with van der Waals surface area (Å²) in [6.45, 7) is 6.30. The molecule has 5 nitrogen and oxygen atoms in total. The second-order valence-corrected chi connectivity index (χ2v) is 6.74. The van der Waals surface area contributed by atoms with Crippen LogP contribution in [0, 0.1) is 13.8 Å². The van der Waals surface area contributed by atoms with Crippen LogP contribution in [0.3, 0.4) is 0 Å². The van der Waals surface area contributed by atoms with Gasteiger partial charge in [-0.3, -0.25) is 9.59 Å². The van der Waals surface area contributed by atoms with Gasteiger partial charge in [0.25, 0.3) is 11.8 Å². The Balaban J connectivity index is 1.77. The number of carbonyl (C=O) groups is 2. The highest BCUT2D eigenvalue weighted by atomic mass is 16.5. The summed E-state index contributed by atoms with van der Waals surface area (Å²) in [6, 6.07) is 19.8. The predicted molar refractivity (Wildman–Crippen MR) is 116 cm³/mol. The Morgan fingerprint density at radius 1 is 0.793 bits per heavy atom. The van der Waals surface area contributed by atoms with Gasteiger partial charge in [0.1, 0.15) is 5.75 Å². The van der Waals surface area contributed by atoms with Crippen LogP contribution in [0.1, 0.15) is 38.8 Å². The van der Waals surface area contributed by atoms with Crippen LogP contribution in [0.2, 0.25) is 0 Å². The van der Waals surface area contributed by atoms with Crippen molar-refractivity contribution in [3.63, 3.8) is 0 Å². The number of nitrogens with one attached hydrogen (secondary N) is 2. The Bertz CT molecular complexity index is 1040. The second kappa shape index (κ2) is 9.06. The van der Waals surface area contributed by atoms with Crippen LogP contribution in [-0.4, -0.2) is 18.4 Å². The fourth-order valence-electron chi connectivity index (χ4n) is 2.91. The minimum Gasteiger partial charge on any atom is -0.492 e. The molecule has 3 aromatic carbocycles. The van der Waals surface area contributed by atoms with E-state index >= 15 is 0 Å². The molecule has 0 radical (unpaired) electrons. The molecule has 0 unspecified atom stereocenters. The molecule has 5 heteroatoms. The van der Waals surface area contributed by atoms with Crippen LogP contribution in [0.5, 0.6) is 5.75 Å². The van der Waals surface area contributed by atoms with E-state index in [0.29, 0.717) is 29.2 Å². The molecule has 148 valence electrons. The smallest absolute Gasteiger partial charge is 0.255 e. The third-order valence-electron chi connectivity index (χ3n) is 4.46. The first-order chi connectivity index (χ1) is 14.0. The number of anilines is 2. The van der Waals surface area contributed by atoms with Crippen LogP contribution in [0.25, 0.3) is 0 Å². The van der Waals surface area contributed by atoms with Gasteiger partial charge < -0.3 is 15.4 Å². The molecule has 0 aromatic heterocycles. The summed E-state index contributed by atoms with van der Waals surface area (Å²) in [5.74, 6) is 0.0359. The minimum absolute atomic E-state index is 0.261. The monoisotopic (exact) mass is 388 g/mol. The summed E-state index contributed by atoms with van der Waals surface area (Å²) in [6.07, 6.45) is 0. The zero-order valence-corrected chi connectivity index (χ0v) is 16.8. The highest BCUT2D eigenvalue weighted by Gasteiger charge is 2.13. The third-order valence-corrected chi connectivity index (χ3v) is 4.46. The highest BCUT2D eigenvalue weighted by molar-refractivity contribution is 6.09. The lowest BCUT2D eigenvalue weighted by Gasteiger charge is -2.12. The molecule has 0 saturated carbocycles. The normalized spacial score (nSPS) is 10.3. The number of aryl methyl sites for hydroxylation is 2. The molecule has 0 bridgehead atoms. The quantitative estimate of drug-likeness (QED) is 0.609. The molecule has 0 fully saturated rings. The average Bonchev–Trinajstić information content (AvgIpc) is 2.72. The summed E-state index contributed by atoms with van der Waals surface area (Å²) < 4.78 is 5.54. The van der Waals surface area contributed by atoms with E-state index < -0.39 is 0 Å². The van der Waals surface area contributed by atoms with Crippen LogP contribution < -0.4 is 15.4 Å². The van der Waals surface area contributed by atoms with E-state index in [9.17, 15) is 9.59 Å². The van der Waals surface area contributed by atoms with Crippen molar-refractivity contribution in [3.05, 3.63) is 89.0 Å². The molecule has 0 spiro atoms. The van der Waals surface area contributed by atoms with E-state index in [0.717, 1.165) is 16.8 Å². The molecule has 0 saturated heterocycles. The van der Waals surface area contributed by atoms with Gasteiger partial charge in [0.15, 0.2) is 0 Å². The fourth-order valence-corrected chi connectivity index (χ4v) is 2.91. The first-order valence-electron chi connectivity index (χ1n) is 9.49. The largest absolute Gasteiger partial charge is 0.492 e.